The van der Waals surface area contributed by atoms with Crippen LogP contribution in [0.15, 0.2) is 34.8 Å². The van der Waals surface area contributed by atoms with E-state index in [4.69, 9.17) is 12.2 Å². The largest absolute Gasteiger partial charge is 0.506 e. The first-order valence-corrected chi connectivity index (χ1v) is 8.31. The lowest BCUT2D eigenvalue weighted by molar-refractivity contribution is -0.128. The molecular formula is C14H10BrIN2O3S. The Morgan fingerprint density at radius 1 is 1.45 bits per heavy atom. The van der Waals surface area contributed by atoms with Gasteiger partial charge < -0.3 is 5.11 Å². The fourth-order valence-electron chi connectivity index (χ4n) is 1.82. The molecule has 0 unspecified atom stereocenters. The van der Waals surface area contributed by atoms with Crippen molar-refractivity contribution < 1.29 is 14.7 Å². The molecule has 2 amide bonds. The first kappa shape index (κ1) is 17.1. The van der Waals surface area contributed by atoms with Gasteiger partial charge in [0.25, 0.3) is 11.8 Å². The third kappa shape index (κ3) is 3.39. The Labute approximate surface area is 154 Å². The number of rotatable bonds is 3. The average molecular weight is 493 g/mol. The number of thiocarbonyl (C=S) groups is 1. The number of hydrogen-bond donors (Lipinski definition) is 2. The van der Waals surface area contributed by atoms with E-state index in [1.807, 2.05) is 22.6 Å². The van der Waals surface area contributed by atoms with Crippen molar-refractivity contribution in [3.05, 3.63) is 44.0 Å². The lowest BCUT2D eigenvalue weighted by Crippen LogP contribution is -2.53. The van der Waals surface area contributed by atoms with E-state index in [2.05, 4.69) is 27.8 Å². The highest BCUT2D eigenvalue weighted by atomic mass is 127. The van der Waals surface area contributed by atoms with Crippen molar-refractivity contribution in [2.75, 3.05) is 6.54 Å². The molecule has 1 saturated heterocycles. The van der Waals surface area contributed by atoms with Crippen molar-refractivity contribution in [3.8, 4) is 5.75 Å². The molecule has 1 fully saturated rings. The standard InChI is InChI=1S/C14H10BrIN2O3S/c1-2-3-18-13(21)8(12(20)17-14(18)22)4-7-5-9(15)11(19)10(16)6-7/h2,4-6,19H,1,3H2,(H,17,20,22)/b8-4+. The number of halogens is 2. The highest BCUT2D eigenvalue weighted by molar-refractivity contribution is 14.1. The Balaban J connectivity index is 2.45. The first-order chi connectivity index (χ1) is 10.3. The molecule has 1 aliphatic rings. The SMILES string of the molecule is C=CCN1C(=O)/C(=C/c2cc(Br)c(O)c(I)c2)C(=O)NC1=S. The van der Waals surface area contributed by atoms with Gasteiger partial charge in [-0.1, -0.05) is 6.08 Å². The summed E-state index contributed by atoms with van der Waals surface area (Å²) in [6, 6.07) is 3.29. The van der Waals surface area contributed by atoms with Gasteiger partial charge >= 0.3 is 0 Å². The van der Waals surface area contributed by atoms with Crippen LogP contribution in [0, 0.1) is 3.57 Å². The Morgan fingerprint density at radius 3 is 2.73 bits per heavy atom. The second-order valence-electron chi connectivity index (χ2n) is 4.35. The number of aromatic hydroxyl groups is 1. The van der Waals surface area contributed by atoms with E-state index in [0.29, 0.717) is 13.6 Å². The zero-order valence-corrected chi connectivity index (χ0v) is 15.7. The summed E-state index contributed by atoms with van der Waals surface area (Å²) >= 11 is 10.2. The summed E-state index contributed by atoms with van der Waals surface area (Å²) < 4.78 is 1.08. The molecule has 5 nitrogen and oxygen atoms in total. The molecule has 1 aliphatic heterocycles. The summed E-state index contributed by atoms with van der Waals surface area (Å²) in [5.74, 6) is -0.918. The maximum Gasteiger partial charge on any atom is 0.265 e. The number of phenols is 1. The van der Waals surface area contributed by atoms with E-state index in [9.17, 15) is 14.7 Å². The molecule has 22 heavy (non-hydrogen) atoms. The van der Waals surface area contributed by atoms with E-state index >= 15 is 0 Å². The van der Waals surface area contributed by atoms with Gasteiger partial charge in [-0.05, 0) is 74.5 Å². The molecule has 0 radical (unpaired) electrons. The summed E-state index contributed by atoms with van der Waals surface area (Å²) in [7, 11) is 0. The van der Waals surface area contributed by atoms with Crippen molar-refractivity contribution in [2.45, 2.75) is 0 Å². The van der Waals surface area contributed by atoms with Crippen LogP contribution in [-0.4, -0.2) is 33.5 Å². The molecule has 1 aromatic carbocycles. The molecule has 0 bridgehead atoms. The van der Waals surface area contributed by atoms with E-state index < -0.39 is 11.8 Å². The Morgan fingerprint density at radius 2 is 2.14 bits per heavy atom. The van der Waals surface area contributed by atoms with Crippen molar-refractivity contribution in [1.82, 2.24) is 10.2 Å². The van der Waals surface area contributed by atoms with Crippen molar-refractivity contribution in [1.29, 1.82) is 0 Å². The smallest absolute Gasteiger partial charge is 0.265 e. The van der Waals surface area contributed by atoms with Crippen LogP contribution in [0.25, 0.3) is 6.08 Å². The van der Waals surface area contributed by atoms with Crippen LogP contribution in [0.4, 0.5) is 0 Å². The predicted octanol–water partition coefficient (Wildman–Crippen LogP) is 2.57. The fraction of sp³-hybridized carbons (Fsp3) is 0.0714. The number of carbonyl (C=O) groups is 2. The molecule has 114 valence electrons. The minimum Gasteiger partial charge on any atom is -0.506 e. The zero-order valence-electron chi connectivity index (χ0n) is 11.1. The summed E-state index contributed by atoms with van der Waals surface area (Å²) in [5, 5.41) is 12.3. The second-order valence-corrected chi connectivity index (χ2v) is 6.76. The van der Waals surface area contributed by atoms with Gasteiger partial charge in [-0.2, -0.15) is 0 Å². The van der Waals surface area contributed by atoms with Crippen LogP contribution < -0.4 is 5.32 Å². The number of carbonyl (C=O) groups excluding carboxylic acids is 2. The number of hydrogen-bond acceptors (Lipinski definition) is 4. The average Bonchev–Trinajstić information content (AvgIpc) is 2.45. The maximum atomic E-state index is 12.4. The molecule has 0 saturated carbocycles. The molecular weight excluding hydrogens is 483 g/mol. The molecule has 1 aromatic rings. The highest BCUT2D eigenvalue weighted by Gasteiger charge is 2.32. The van der Waals surface area contributed by atoms with Crippen LogP contribution in [0.2, 0.25) is 0 Å². The van der Waals surface area contributed by atoms with Gasteiger partial charge in [0.1, 0.15) is 11.3 Å². The topological polar surface area (TPSA) is 69.6 Å². The molecule has 0 aliphatic carbocycles. The third-order valence-electron chi connectivity index (χ3n) is 2.85. The second kappa shape index (κ2) is 6.88. The lowest BCUT2D eigenvalue weighted by atomic mass is 10.1. The Kier molecular flexibility index (Phi) is 5.35. The van der Waals surface area contributed by atoms with Gasteiger partial charge in [0.15, 0.2) is 5.11 Å². The van der Waals surface area contributed by atoms with E-state index in [1.54, 1.807) is 12.1 Å². The van der Waals surface area contributed by atoms with Gasteiger partial charge in [-0.15, -0.1) is 6.58 Å². The predicted molar refractivity (Wildman–Crippen MR) is 99.2 cm³/mol. The minimum absolute atomic E-state index is 0.0242. The van der Waals surface area contributed by atoms with Gasteiger partial charge in [0.05, 0.1) is 8.04 Å². The molecule has 2 N–H and O–H groups in total. The summed E-state index contributed by atoms with van der Waals surface area (Å²) in [6.07, 6.45) is 2.99. The van der Waals surface area contributed by atoms with Crippen LogP contribution in [-0.2, 0) is 9.59 Å². The van der Waals surface area contributed by atoms with Crippen LogP contribution in [0.5, 0.6) is 5.75 Å². The Bertz CT molecular complexity index is 710. The summed E-state index contributed by atoms with van der Waals surface area (Å²) in [6.45, 7) is 3.78. The lowest BCUT2D eigenvalue weighted by Gasteiger charge is -2.27. The van der Waals surface area contributed by atoms with Crippen LogP contribution >= 0.6 is 50.7 Å². The molecule has 0 aromatic heterocycles. The van der Waals surface area contributed by atoms with Gasteiger partial charge in [0.2, 0.25) is 0 Å². The van der Waals surface area contributed by atoms with E-state index in [0.717, 1.165) is 0 Å². The molecule has 2 rings (SSSR count). The molecule has 8 heteroatoms. The third-order valence-corrected chi connectivity index (χ3v) is 4.60. The fourth-order valence-corrected chi connectivity index (χ4v) is 3.57. The normalized spacial score (nSPS) is 16.9. The van der Waals surface area contributed by atoms with Gasteiger partial charge in [-0.25, -0.2) is 0 Å². The quantitative estimate of drug-likeness (QED) is 0.224. The number of nitrogens with one attached hydrogen (secondary N) is 1. The summed E-state index contributed by atoms with van der Waals surface area (Å²) in [5.41, 5.74) is 0.586. The first-order valence-electron chi connectivity index (χ1n) is 6.03. The minimum atomic E-state index is -0.547. The number of amides is 2. The van der Waals surface area contributed by atoms with Crippen molar-refractivity contribution in [3.63, 3.8) is 0 Å². The van der Waals surface area contributed by atoms with Crippen LogP contribution in [0.1, 0.15) is 5.56 Å². The van der Waals surface area contributed by atoms with Crippen LogP contribution in [0.3, 0.4) is 0 Å². The maximum absolute atomic E-state index is 12.4. The van der Waals surface area contributed by atoms with E-state index in [-0.39, 0.29) is 23.0 Å². The molecule has 0 atom stereocenters. The number of nitrogens with zero attached hydrogens (tertiary/aromatic N) is 1. The molecule has 0 spiro atoms. The summed E-state index contributed by atoms with van der Waals surface area (Å²) in [4.78, 5) is 25.6. The zero-order chi connectivity index (χ0) is 16.4. The van der Waals surface area contributed by atoms with E-state index in [1.165, 1.54) is 17.1 Å². The van der Waals surface area contributed by atoms with Gasteiger partial charge in [-0.3, -0.25) is 19.8 Å². The van der Waals surface area contributed by atoms with Crippen molar-refractivity contribution >= 4 is 73.7 Å². The van der Waals surface area contributed by atoms with Gasteiger partial charge in [0, 0.05) is 6.54 Å². The Hall–Kier alpha value is -1.26. The number of phenolic OH excluding ortho intramolecular Hbond substituents is 1. The molecule has 1 heterocycles. The highest BCUT2D eigenvalue weighted by Crippen LogP contribution is 2.31. The number of benzene rings is 1. The monoisotopic (exact) mass is 492 g/mol. The van der Waals surface area contributed by atoms with Crippen molar-refractivity contribution in [2.24, 2.45) is 0 Å².